The van der Waals surface area contributed by atoms with Crippen LogP contribution in [0.15, 0.2) is 40.5 Å². The maximum atomic E-state index is 12.0. The molecule has 3 rings (SSSR count). The molecule has 0 spiro atoms. The molecule has 1 aliphatic rings. The number of nitro groups is 1. The number of benzene rings is 1. The van der Waals surface area contributed by atoms with E-state index in [9.17, 15) is 25.4 Å². The predicted octanol–water partition coefficient (Wildman–Crippen LogP) is 1.68. The highest BCUT2D eigenvalue weighted by Gasteiger charge is 2.37. The number of nitro benzene ring substituents is 1. The number of nitrogens with two attached hydrogens (primary N) is 1. The van der Waals surface area contributed by atoms with Crippen molar-refractivity contribution in [2.75, 3.05) is 0 Å². The summed E-state index contributed by atoms with van der Waals surface area (Å²) in [6, 6.07) is 9.62. The van der Waals surface area contributed by atoms with E-state index in [1.165, 1.54) is 25.1 Å². The number of para-hydroxylation sites is 1. The van der Waals surface area contributed by atoms with Gasteiger partial charge in [-0.3, -0.25) is 19.9 Å². The Bertz CT molecular complexity index is 1120. The molecular weight excluding hydrogens is 338 g/mol. The van der Waals surface area contributed by atoms with Crippen molar-refractivity contribution < 1.29 is 9.66 Å². The zero-order valence-corrected chi connectivity index (χ0v) is 13.4. The molecule has 9 heteroatoms. The number of rotatable bonds is 2. The monoisotopic (exact) mass is 349 g/mol. The minimum atomic E-state index is -0.950. The molecule has 1 aromatic carbocycles. The maximum absolute atomic E-state index is 12.0. The van der Waals surface area contributed by atoms with Crippen LogP contribution in [0.4, 0.5) is 5.69 Å². The van der Waals surface area contributed by atoms with Crippen molar-refractivity contribution in [3.63, 3.8) is 0 Å². The lowest BCUT2D eigenvalue weighted by atomic mass is 9.81. The van der Waals surface area contributed by atoms with Crippen molar-refractivity contribution in [2.45, 2.75) is 12.8 Å². The van der Waals surface area contributed by atoms with Crippen LogP contribution >= 0.6 is 0 Å². The number of aromatic nitrogens is 1. The lowest BCUT2D eigenvalue weighted by Gasteiger charge is -2.27. The van der Waals surface area contributed by atoms with Gasteiger partial charge in [-0.1, -0.05) is 18.2 Å². The second-order valence-electron chi connectivity index (χ2n) is 5.55. The largest absolute Gasteiger partial charge is 0.424 e. The number of hydrogen-bond donors (Lipinski definition) is 2. The third-order valence-corrected chi connectivity index (χ3v) is 4.21. The van der Waals surface area contributed by atoms with Crippen molar-refractivity contribution in [2.24, 2.45) is 5.73 Å². The van der Waals surface area contributed by atoms with Gasteiger partial charge in [0.2, 0.25) is 11.8 Å². The molecular formula is C17H11N5O4. The number of fused-ring (bicyclic) bond motifs is 1. The molecule has 3 N–H and O–H groups in total. The minimum absolute atomic E-state index is 0.0360. The van der Waals surface area contributed by atoms with Crippen LogP contribution in [0.25, 0.3) is 0 Å². The van der Waals surface area contributed by atoms with Crippen LogP contribution in [0.3, 0.4) is 0 Å². The molecule has 26 heavy (non-hydrogen) atoms. The Morgan fingerprint density at radius 3 is 2.62 bits per heavy atom. The number of nitriles is 2. The van der Waals surface area contributed by atoms with E-state index in [1.54, 1.807) is 12.1 Å². The SMILES string of the molecule is Cc1c2c([nH]c(=O)c1C#N)OC(N)=C(C#N)C2c1ccccc1[N+](=O)[O-]. The molecule has 2 heterocycles. The lowest BCUT2D eigenvalue weighted by Crippen LogP contribution is -2.27. The number of nitrogens with one attached hydrogen (secondary N) is 1. The van der Waals surface area contributed by atoms with Crippen LogP contribution in [0, 0.1) is 39.7 Å². The summed E-state index contributed by atoms with van der Waals surface area (Å²) in [5.74, 6) is -1.25. The van der Waals surface area contributed by atoms with Gasteiger partial charge >= 0.3 is 0 Å². The highest BCUT2D eigenvalue weighted by molar-refractivity contribution is 5.62. The van der Waals surface area contributed by atoms with Gasteiger partial charge in [-0.25, -0.2) is 0 Å². The Balaban J connectivity index is 2.43. The first kappa shape index (κ1) is 16.7. The van der Waals surface area contributed by atoms with Gasteiger partial charge in [-0.2, -0.15) is 10.5 Å². The van der Waals surface area contributed by atoms with Gasteiger partial charge in [0.1, 0.15) is 23.3 Å². The van der Waals surface area contributed by atoms with E-state index >= 15 is 0 Å². The Hall–Kier alpha value is -4.11. The van der Waals surface area contributed by atoms with Crippen LogP contribution in [0.1, 0.15) is 28.2 Å². The van der Waals surface area contributed by atoms with E-state index in [0.29, 0.717) is 5.56 Å². The van der Waals surface area contributed by atoms with Gasteiger partial charge in [0.25, 0.3) is 11.2 Å². The van der Waals surface area contributed by atoms with Crippen LogP contribution in [-0.4, -0.2) is 9.91 Å². The molecule has 0 radical (unpaired) electrons. The molecule has 1 aliphatic heterocycles. The summed E-state index contributed by atoms with van der Waals surface area (Å²) in [4.78, 5) is 25.3. The average molecular weight is 349 g/mol. The summed E-state index contributed by atoms with van der Waals surface area (Å²) in [5, 5.41) is 30.2. The standard InChI is InChI=1S/C17H11N5O4/c1-8-10(6-18)16(23)21-17-13(8)14(11(7-19)15(20)26-17)9-4-2-3-5-12(9)22(24)25/h2-5,14H,20H2,1H3,(H,21,23). The molecule has 0 fully saturated rings. The molecule has 1 atom stereocenters. The Kier molecular flexibility index (Phi) is 3.91. The highest BCUT2D eigenvalue weighted by atomic mass is 16.6. The number of ether oxygens (including phenoxy) is 1. The first-order valence-electron chi connectivity index (χ1n) is 7.38. The fraction of sp³-hybridized carbons (Fsp3) is 0.118. The number of nitrogens with zero attached hydrogens (tertiary/aromatic N) is 3. The fourth-order valence-electron chi connectivity index (χ4n) is 3.05. The van der Waals surface area contributed by atoms with Crippen molar-refractivity contribution in [1.29, 1.82) is 10.5 Å². The summed E-state index contributed by atoms with van der Waals surface area (Å²) in [5.41, 5.74) is 5.51. The van der Waals surface area contributed by atoms with Crippen LogP contribution in [-0.2, 0) is 0 Å². The summed E-state index contributed by atoms with van der Waals surface area (Å²) < 4.78 is 5.35. The molecule has 0 saturated heterocycles. The van der Waals surface area contributed by atoms with E-state index in [0.717, 1.165) is 0 Å². The third-order valence-electron chi connectivity index (χ3n) is 4.21. The molecule has 0 bridgehead atoms. The number of pyridine rings is 1. The molecule has 1 aromatic heterocycles. The van der Waals surface area contributed by atoms with Gasteiger partial charge in [-0.05, 0) is 12.5 Å². The van der Waals surface area contributed by atoms with Gasteiger partial charge in [-0.15, -0.1) is 0 Å². The lowest BCUT2D eigenvalue weighted by molar-refractivity contribution is -0.385. The number of hydrogen-bond acceptors (Lipinski definition) is 7. The maximum Gasteiger partial charge on any atom is 0.273 e. The van der Waals surface area contributed by atoms with E-state index < -0.39 is 16.4 Å². The number of aromatic amines is 1. The van der Waals surface area contributed by atoms with Crippen molar-refractivity contribution in [3.8, 4) is 18.0 Å². The minimum Gasteiger partial charge on any atom is -0.424 e. The average Bonchev–Trinajstić information content (AvgIpc) is 2.60. The van der Waals surface area contributed by atoms with Crippen molar-refractivity contribution in [1.82, 2.24) is 4.98 Å². The van der Waals surface area contributed by atoms with E-state index in [1.807, 2.05) is 6.07 Å². The first-order chi connectivity index (χ1) is 12.4. The zero-order chi connectivity index (χ0) is 19.0. The molecule has 128 valence electrons. The highest BCUT2D eigenvalue weighted by Crippen LogP contribution is 2.45. The third kappa shape index (κ3) is 2.36. The predicted molar refractivity (Wildman–Crippen MR) is 88.9 cm³/mol. The molecule has 2 aromatic rings. The second kappa shape index (κ2) is 6.07. The Morgan fingerprint density at radius 1 is 1.31 bits per heavy atom. The van der Waals surface area contributed by atoms with E-state index in [-0.39, 0.29) is 39.7 Å². The Morgan fingerprint density at radius 2 is 2.00 bits per heavy atom. The number of allylic oxidation sites excluding steroid dienone is 1. The van der Waals surface area contributed by atoms with Crippen LogP contribution < -0.4 is 16.0 Å². The fourth-order valence-corrected chi connectivity index (χ4v) is 3.05. The quantitative estimate of drug-likeness (QED) is 0.616. The molecule has 0 saturated carbocycles. The Labute approximate surface area is 146 Å². The molecule has 0 amide bonds. The topological polar surface area (TPSA) is 159 Å². The molecule has 1 unspecified atom stereocenters. The summed E-state index contributed by atoms with van der Waals surface area (Å²) in [7, 11) is 0. The van der Waals surface area contributed by atoms with Gasteiger partial charge in [0.15, 0.2) is 0 Å². The molecule has 9 nitrogen and oxygen atoms in total. The second-order valence-corrected chi connectivity index (χ2v) is 5.55. The summed E-state index contributed by atoms with van der Waals surface area (Å²) >= 11 is 0. The van der Waals surface area contributed by atoms with Crippen molar-refractivity contribution in [3.05, 3.63) is 78.4 Å². The van der Waals surface area contributed by atoms with Crippen molar-refractivity contribution >= 4 is 5.69 Å². The van der Waals surface area contributed by atoms with Crippen LogP contribution in [0.5, 0.6) is 5.88 Å². The van der Waals surface area contributed by atoms with Crippen LogP contribution in [0.2, 0.25) is 0 Å². The normalized spacial score (nSPS) is 15.4. The zero-order valence-electron chi connectivity index (χ0n) is 13.4. The van der Waals surface area contributed by atoms with Gasteiger partial charge in [0.05, 0.1) is 10.8 Å². The molecule has 0 aliphatic carbocycles. The number of H-pyrrole nitrogens is 1. The van der Waals surface area contributed by atoms with E-state index in [2.05, 4.69) is 4.98 Å². The first-order valence-corrected chi connectivity index (χ1v) is 7.38. The smallest absolute Gasteiger partial charge is 0.273 e. The summed E-state index contributed by atoms with van der Waals surface area (Å²) in [6.45, 7) is 1.52. The van der Waals surface area contributed by atoms with Gasteiger partial charge < -0.3 is 10.5 Å². The van der Waals surface area contributed by atoms with Gasteiger partial charge in [0, 0.05) is 17.2 Å². The summed E-state index contributed by atoms with van der Waals surface area (Å²) in [6.07, 6.45) is 0. The van der Waals surface area contributed by atoms with E-state index in [4.69, 9.17) is 10.5 Å².